The van der Waals surface area contributed by atoms with E-state index in [4.69, 9.17) is 5.11 Å². The van der Waals surface area contributed by atoms with E-state index in [0.29, 0.717) is 15.6 Å². The number of amides is 1. The van der Waals surface area contributed by atoms with Crippen LogP contribution in [0.25, 0.3) is 0 Å². The van der Waals surface area contributed by atoms with Gasteiger partial charge in [0.05, 0.1) is 0 Å². The van der Waals surface area contributed by atoms with E-state index in [9.17, 15) is 9.59 Å². The molecule has 1 heterocycles. The van der Waals surface area contributed by atoms with Crippen molar-refractivity contribution in [2.24, 2.45) is 0 Å². The number of hydrogen-bond donors (Lipinski definition) is 2. The number of aromatic nitrogens is 1. The van der Waals surface area contributed by atoms with Crippen molar-refractivity contribution in [1.29, 1.82) is 0 Å². The smallest absolute Gasteiger partial charge is 0.355 e. The molecule has 0 saturated heterocycles. The number of carboxylic acid groups (broad SMARTS) is 1. The van der Waals surface area contributed by atoms with Gasteiger partial charge in [-0.2, -0.15) is 0 Å². The van der Waals surface area contributed by atoms with Gasteiger partial charge in [-0.1, -0.05) is 18.2 Å². The molecule has 2 N–H and O–H groups in total. The van der Waals surface area contributed by atoms with Crippen LogP contribution in [0.2, 0.25) is 0 Å². The number of benzene rings is 1. The van der Waals surface area contributed by atoms with Crippen LogP contribution in [-0.2, 0) is 0 Å². The fraction of sp³-hybridized carbons (Fsp3) is 0.0833. The van der Waals surface area contributed by atoms with Gasteiger partial charge in [-0.15, -0.1) is 11.3 Å². The first-order chi connectivity index (χ1) is 8.58. The summed E-state index contributed by atoms with van der Waals surface area (Å²) in [5.41, 5.74) is 0.477. The minimum atomic E-state index is -1.09. The summed E-state index contributed by atoms with van der Waals surface area (Å²) in [7, 11) is 0. The molecule has 0 spiro atoms. The number of nitrogens with one attached hydrogen (secondary N) is 1. The summed E-state index contributed by atoms with van der Waals surface area (Å²) in [6.45, 7) is 1.65. The first-order valence-corrected chi connectivity index (χ1v) is 5.96. The maximum absolute atomic E-state index is 11.8. The van der Waals surface area contributed by atoms with Gasteiger partial charge in [0.15, 0.2) is 10.8 Å². The van der Waals surface area contributed by atoms with Crippen molar-refractivity contribution in [3.05, 3.63) is 46.5 Å². The number of nitrogens with zero attached hydrogens (tertiary/aromatic N) is 1. The molecule has 0 radical (unpaired) electrons. The maximum Gasteiger partial charge on any atom is 0.355 e. The fourth-order valence-corrected chi connectivity index (χ4v) is 2.21. The number of carbonyl (C=O) groups is 2. The Morgan fingerprint density at radius 2 is 1.94 bits per heavy atom. The lowest BCUT2D eigenvalue weighted by Gasteiger charge is -2.00. The van der Waals surface area contributed by atoms with Gasteiger partial charge in [0.2, 0.25) is 0 Å². The monoisotopic (exact) mass is 262 g/mol. The predicted molar refractivity (Wildman–Crippen MR) is 68.2 cm³/mol. The molecule has 0 aliphatic heterocycles. The molecule has 1 aromatic carbocycles. The van der Waals surface area contributed by atoms with Crippen LogP contribution in [0.3, 0.4) is 0 Å². The van der Waals surface area contributed by atoms with Gasteiger partial charge in [-0.25, -0.2) is 9.78 Å². The zero-order valence-electron chi connectivity index (χ0n) is 9.51. The molecule has 0 unspecified atom stereocenters. The molecule has 0 saturated carbocycles. The van der Waals surface area contributed by atoms with E-state index in [-0.39, 0.29) is 11.6 Å². The molecule has 92 valence electrons. The first-order valence-electron chi connectivity index (χ1n) is 5.15. The molecule has 0 atom stereocenters. The highest BCUT2D eigenvalue weighted by atomic mass is 32.1. The standard InChI is InChI=1S/C12H10N2O3S/c1-7-9(11(16)17)13-12(18-7)14-10(15)8-5-3-2-4-6-8/h2-6H,1H3,(H,16,17)(H,13,14,15). The number of aromatic carboxylic acids is 1. The molecule has 0 bridgehead atoms. The van der Waals surface area contributed by atoms with Crippen molar-refractivity contribution >= 4 is 28.3 Å². The van der Waals surface area contributed by atoms with E-state index in [1.807, 2.05) is 6.07 Å². The summed E-state index contributed by atoms with van der Waals surface area (Å²) in [5.74, 6) is -1.40. The van der Waals surface area contributed by atoms with Crippen molar-refractivity contribution in [2.45, 2.75) is 6.92 Å². The van der Waals surface area contributed by atoms with Gasteiger partial charge in [-0.05, 0) is 19.1 Å². The lowest BCUT2D eigenvalue weighted by atomic mass is 10.2. The molecule has 0 fully saturated rings. The molecule has 6 heteroatoms. The average Bonchev–Trinajstić information content (AvgIpc) is 2.71. The Kier molecular flexibility index (Phi) is 3.38. The maximum atomic E-state index is 11.8. The highest BCUT2D eigenvalue weighted by Gasteiger charge is 2.15. The highest BCUT2D eigenvalue weighted by molar-refractivity contribution is 7.16. The quantitative estimate of drug-likeness (QED) is 0.890. The van der Waals surface area contributed by atoms with Crippen molar-refractivity contribution in [3.63, 3.8) is 0 Å². The van der Waals surface area contributed by atoms with Crippen molar-refractivity contribution in [1.82, 2.24) is 4.98 Å². The predicted octanol–water partition coefficient (Wildman–Crippen LogP) is 2.40. The van der Waals surface area contributed by atoms with Crippen molar-refractivity contribution in [2.75, 3.05) is 5.32 Å². The van der Waals surface area contributed by atoms with E-state index >= 15 is 0 Å². The molecule has 5 nitrogen and oxygen atoms in total. The van der Waals surface area contributed by atoms with Crippen LogP contribution in [0.1, 0.15) is 25.7 Å². The largest absolute Gasteiger partial charge is 0.476 e. The minimum absolute atomic E-state index is 0.0247. The second-order valence-corrected chi connectivity index (χ2v) is 4.75. The molecule has 0 aliphatic rings. The Morgan fingerprint density at radius 3 is 2.50 bits per heavy atom. The Bertz CT molecular complexity index is 593. The van der Waals surface area contributed by atoms with Crippen LogP contribution < -0.4 is 5.32 Å². The van der Waals surface area contributed by atoms with Crippen LogP contribution in [0.15, 0.2) is 30.3 Å². The lowest BCUT2D eigenvalue weighted by molar-refractivity contribution is 0.0690. The van der Waals surface area contributed by atoms with E-state index in [1.54, 1.807) is 31.2 Å². The molecule has 2 aromatic rings. The van der Waals surface area contributed by atoms with Gasteiger partial charge < -0.3 is 5.11 Å². The molecule has 2 rings (SSSR count). The summed E-state index contributed by atoms with van der Waals surface area (Å²) >= 11 is 1.14. The van der Waals surface area contributed by atoms with E-state index in [0.717, 1.165) is 11.3 Å². The number of carboxylic acids is 1. The molecular weight excluding hydrogens is 252 g/mol. The van der Waals surface area contributed by atoms with Gasteiger partial charge >= 0.3 is 5.97 Å². The number of rotatable bonds is 3. The summed E-state index contributed by atoms with van der Waals surface area (Å²) in [6.07, 6.45) is 0. The van der Waals surface area contributed by atoms with Gasteiger partial charge in [0.1, 0.15) is 0 Å². The second kappa shape index (κ2) is 4.97. The van der Waals surface area contributed by atoms with Crippen LogP contribution >= 0.6 is 11.3 Å². The third kappa shape index (κ3) is 2.54. The Labute approximate surface area is 107 Å². The van der Waals surface area contributed by atoms with Crippen LogP contribution in [0.5, 0.6) is 0 Å². The molecular formula is C12H10N2O3S. The van der Waals surface area contributed by atoms with Crippen LogP contribution in [0, 0.1) is 6.92 Å². The Balaban J connectivity index is 2.18. The molecule has 1 amide bonds. The summed E-state index contributed by atoms with van der Waals surface area (Å²) < 4.78 is 0. The van der Waals surface area contributed by atoms with Crippen LogP contribution in [0.4, 0.5) is 5.13 Å². The van der Waals surface area contributed by atoms with Gasteiger partial charge in [-0.3, -0.25) is 10.1 Å². The van der Waals surface area contributed by atoms with E-state index < -0.39 is 5.97 Å². The first kappa shape index (κ1) is 12.3. The summed E-state index contributed by atoms with van der Waals surface area (Å²) in [5, 5.41) is 11.7. The van der Waals surface area contributed by atoms with E-state index in [1.165, 1.54) is 0 Å². The summed E-state index contributed by atoms with van der Waals surface area (Å²) in [4.78, 5) is 27.1. The number of anilines is 1. The highest BCUT2D eigenvalue weighted by Crippen LogP contribution is 2.22. The lowest BCUT2D eigenvalue weighted by Crippen LogP contribution is -2.11. The van der Waals surface area contributed by atoms with Crippen molar-refractivity contribution in [3.8, 4) is 0 Å². The number of carbonyl (C=O) groups excluding carboxylic acids is 1. The van der Waals surface area contributed by atoms with Crippen molar-refractivity contribution < 1.29 is 14.7 Å². The second-order valence-electron chi connectivity index (χ2n) is 3.55. The minimum Gasteiger partial charge on any atom is -0.476 e. The average molecular weight is 262 g/mol. The van der Waals surface area contributed by atoms with Gasteiger partial charge in [0, 0.05) is 10.4 Å². The topological polar surface area (TPSA) is 79.3 Å². The third-order valence-electron chi connectivity index (χ3n) is 2.26. The van der Waals surface area contributed by atoms with Gasteiger partial charge in [0.25, 0.3) is 5.91 Å². The number of aryl methyl sites for hydroxylation is 1. The third-order valence-corrected chi connectivity index (χ3v) is 3.14. The normalized spacial score (nSPS) is 10.1. The number of hydrogen-bond acceptors (Lipinski definition) is 4. The Hall–Kier alpha value is -2.21. The summed E-state index contributed by atoms with van der Waals surface area (Å²) in [6, 6.07) is 8.67. The molecule has 1 aromatic heterocycles. The molecule has 0 aliphatic carbocycles. The van der Waals surface area contributed by atoms with Crippen LogP contribution in [-0.4, -0.2) is 22.0 Å². The number of thiazole rings is 1. The Morgan fingerprint density at radius 1 is 1.28 bits per heavy atom. The zero-order valence-corrected chi connectivity index (χ0v) is 10.3. The molecule has 18 heavy (non-hydrogen) atoms. The SMILES string of the molecule is Cc1sc(NC(=O)c2ccccc2)nc1C(=O)O. The van der Waals surface area contributed by atoms with E-state index in [2.05, 4.69) is 10.3 Å². The fourth-order valence-electron chi connectivity index (χ4n) is 1.41. The zero-order chi connectivity index (χ0) is 13.1.